The van der Waals surface area contributed by atoms with Crippen LogP contribution in [0.5, 0.6) is 5.88 Å². The Morgan fingerprint density at radius 1 is 1.09 bits per heavy atom. The molecule has 1 aliphatic carbocycles. The number of imidazole rings is 1. The monoisotopic (exact) mass is 469 g/mol. The molecule has 8 nitrogen and oxygen atoms in total. The maximum atomic E-state index is 6.26. The summed E-state index contributed by atoms with van der Waals surface area (Å²) in [6.45, 7) is 6.76. The van der Waals surface area contributed by atoms with Crippen molar-refractivity contribution in [1.82, 2.24) is 24.5 Å². The minimum Gasteiger partial charge on any atom is -0.470 e. The van der Waals surface area contributed by atoms with Crippen LogP contribution in [0.1, 0.15) is 43.7 Å². The van der Waals surface area contributed by atoms with Crippen molar-refractivity contribution in [3.8, 4) is 17.3 Å². The van der Waals surface area contributed by atoms with Crippen molar-refractivity contribution < 1.29 is 4.74 Å². The van der Waals surface area contributed by atoms with Gasteiger partial charge in [-0.15, -0.1) is 0 Å². The van der Waals surface area contributed by atoms with Gasteiger partial charge in [0.15, 0.2) is 11.2 Å². The normalized spacial score (nSPS) is 17.6. The zero-order chi connectivity index (χ0) is 24.0. The van der Waals surface area contributed by atoms with Crippen LogP contribution in [0.15, 0.2) is 48.9 Å². The van der Waals surface area contributed by atoms with Crippen LogP contribution < -0.4 is 15.4 Å². The number of benzene rings is 1. The Morgan fingerprint density at radius 2 is 1.86 bits per heavy atom. The Morgan fingerprint density at radius 3 is 2.57 bits per heavy atom. The number of anilines is 1. The first-order valence-corrected chi connectivity index (χ1v) is 12.4. The number of aromatic nitrogens is 5. The van der Waals surface area contributed by atoms with Crippen LogP contribution in [0.2, 0.25) is 0 Å². The molecule has 6 rings (SSSR count). The van der Waals surface area contributed by atoms with E-state index in [9.17, 15) is 0 Å². The maximum absolute atomic E-state index is 6.26. The van der Waals surface area contributed by atoms with Crippen LogP contribution in [0.25, 0.3) is 22.6 Å². The van der Waals surface area contributed by atoms with Crippen LogP contribution in [-0.2, 0) is 6.54 Å². The van der Waals surface area contributed by atoms with Gasteiger partial charge in [0.1, 0.15) is 23.6 Å². The molecule has 0 amide bonds. The number of aryl methyl sites for hydroxylation is 1. The average Bonchev–Trinajstić information content (AvgIpc) is 3.48. The van der Waals surface area contributed by atoms with Crippen LogP contribution in [0.4, 0.5) is 5.82 Å². The number of nitrogens with two attached hydrogens (primary N) is 1. The fourth-order valence-corrected chi connectivity index (χ4v) is 4.70. The molecule has 0 bridgehead atoms. The minimum atomic E-state index is -0.152. The Labute approximate surface area is 205 Å². The second kappa shape index (κ2) is 8.61. The fourth-order valence-electron chi connectivity index (χ4n) is 4.70. The predicted molar refractivity (Wildman–Crippen MR) is 137 cm³/mol. The van der Waals surface area contributed by atoms with E-state index in [1.807, 2.05) is 12.3 Å². The Kier molecular flexibility index (Phi) is 5.40. The summed E-state index contributed by atoms with van der Waals surface area (Å²) >= 11 is 0. The standard InChI is InChI=1S/C27H31N7O/c1-18-14-22(33-12-8-20(28)9-13-33)29-15-21(18)24-32-23-25(34(24)16-19-6-4-3-5-7-19)30-17-31-26(23)35-27(2)10-11-27/h3-7,14-15,17,20H,8-13,16,28H2,1-2H3. The number of piperidine rings is 1. The average molecular weight is 470 g/mol. The Hall–Kier alpha value is -3.52. The number of pyridine rings is 1. The molecule has 3 aromatic heterocycles. The number of ether oxygens (including phenoxy) is 1. The zero-order valence-corrected chi connectivity index (χ0v) is 20.3. The molecule has 8 heteroatoms. The first-order chi connectivity index (χ1) is 17.0. The predicted octanol–water partition coefficient (Wildman–Crippen LogP) is 4.10. The lowest BCUT2D eigenvalue weighted by Gasteiger charge is -2.31. The van der Waals surface area contributed by atoms with Crippen LogP contribution in [0, 0.1) is 6.92 Å². The molecule has 2 aliphatic rings. The Bertz CT molecular complexity index is 1350. The molecule has 2 fully saturated rings. The van der Waals surface area contributed by atoms with E-state index in [4.69, 9.17) is 20.4 Å². The third kappa shape index (κ3) is 4.34. The summed E-state index contributed by atoms with van der Waals surface area (Å²) in [5, 5.41) is 0. The van der Waals surface area contributed by atoms with Crippen LogP contribution in [-0.4, -0.2) is 49.2 Å². The van der Waals surface area contributed by atoms with Gasteiger partial charge in [0.25, 0.3) is 0 Å². The highest BCUT2D eigenvalue weighted by molar-refractivity contribution is 5.82. The van der Waals surface area contributed by atoms with Crippen LogP contribution >= 0.6 is 0 Å². The highest BCUT2D eigenvalue weighted by atomic mass is 16.5. The summed E-state index contributed by atoms with van der Waals surface area (Å²) in [4.78, 5) is 21.3. The zero-order valence-electron chi connectivity index (χ0n) is 20.3. The molecular formula is C27H31N7O. The van der Waals surface area contributed by atoms with Crippen molar-refractivity contribution >= 4 is 17.0 Å². The van der Waals surface area contributed by atoms with Gasteiger partial charge < -0.3 is 19.9 Å². The third-order valence-corrected chi connectivity index (χ3v) is 7.18. The summed E-state index contributed by atoms with van der Waals surface area (Å²) in [7, 11) is 0. The van der Waals surface area contributed by atoms with Crippen molar-refractivity contribution in [2.24, 2.45) is 5.73 Å². The molecule has 0 radical (unpaired) electrons. The smallest absolute Gasteiger partial charge is 0.245 e. The maximum Gasteiger partial charge on any atom is 0.245 e. The third-order valence-electron chi connectivity index (χ3n) is 7.18. The molecule has 0 spiro atoms. The van der Waals surface area contributed by atoms with Gasteiger partial charge in [-0.1, -0.05) is 30.3 Å². The van der Waals surface area contributed by atoms with Crippen molar-refractivity contribution in [2.45, 2.75) is 57.7 Å². The molecule has 0 atom stereocenters. The van der Waals surface area contributed by atoms with E-state index in [1.54, 1.807) is 6.33 Å². The van der Waals surface area contributed by atoms with Crippen molar-refractivity contribution in [2.75, 3.05) is 18.0 Å². The number of fused-ring (bicyclic) bond motifs is 1. The summed E-state index contributed by atoms with van der Waals surface area (Å²) in [5.74, 6) is 2.37. The second-order valence-electron chi connectivity index (χ2n) is 10.1. The minimum absolute atomic E-state index is 0.152. The first-order valence-electron chi connectivity index (χ1n) is 12.4. The van der Waals surface area contributed by atoms with Gasteiger partial charge in [-0.25, -0.2) is 15.0 Å². The SMILES string of the molecule is Cc1cc(N2CCC(N)CC2)ncc1-c1nc2c(OC3(C)CC3)ncnc2n1Cc1ccccc1. The largest absolute Gasteiger partial charge is 0.470 e. The van der Waals surface area contributed by atoms with Gasteiger partial charge in [0.05, 0.1) is 6.54 Å². The van der Waals surface area contributed by atoms with E-state index < -0.39 is 0 Å². The van der Waals surface area contributed by atoms with E-state index in [-0.39, 0.29) is 5.60 Å². The molecule has 0 unspecified atom stereocenters. The number of hydrogen-bond acceptors (Lipinski definition) is 7. The van der Waals surface area contributed by atoms with E-state index >= 15 is 0 Å². The molecule has 1 aliphatic heterocycles. The summed E-state index contributed by atoms with van der Waals surface area (Å²) in [5.41, 5.74) is 10.7. The highest BCUT2D eigenvalue weighted by Gasteiger charge is 2.41. The second-order valence-corrected chi connectivity index (χ2v) is 10.1. The summed E-state index contributed by atoms with van der Waals surface area (Å²) in [6.07, 6.45) is 7.57. The topological polar surface area (TPSA) is 95.0 Å². The van der Waals surface area contributed by atoms with E-state index in [0.29, 0.717) is 24.0 Å². The molecular weight excluding hydrogens is 438 g/mol. The fraction of sp³-hybridized carbons (Fsp3) is 0.407. The molecule has 1 saturated heterocycles. The lowest BCUT2D eigenvalue weighted by molar-refractivity contribution is 0.194. The molecule has 1 aromatic carbocycles. The van der Waals surface area contributed by atoms with Gasteiger partial charge in [-0.3, -0.25) is 0 Å². The molecule has 2 N–H and O–H groups in total. The quantitative estimate of drug-likeness (QED) is 0.454. The van der Waals surface area contributed by atoms with E-state index in [0.717, 1.165) is 67.2 Å². The van der Waals surface area contributed by atoms with Gasteiger partial charge in [0, 0.05) is 30.9 Å². The van der Waals surface area contributed by atoms with Crippen molar-refractivity contribution in [1.29, 1.82) is 0 Å². The molecule has 180 valence electrons. The molecule has 1 saturated carbocycles. The summed E-state index contributed by atoms with van der Waals surface area (Å²) in [6, 6.07) is 12.8. The van der Waals surface area contributed by atoms with Gasteiger partial charge in [0.2, 0.25) is 5.88 Å². The van der Waals surface area contributed by atoms with Gasteiger partial charge in [-0.2, -0.15) is 4.98 Å². The lowest BCUT2D eigenvalue weighted by atomic mass is 10.1. The van der Waals surface area contributed by atoms with Gasteiger partial charge in [-0.05, 0) is 56.7 Å². The molecule has 4 heterocycles. The van der Waals surface area contributed by atoms with Crippen molar-refractivity contribution in [3.05, 3.63) is 60.0 Å². The summed E-state index contributed by atoms with van der Waals surface area (Å²) < 4.78 is 8.41. The Balaban J connectivity index is 1.43. The number of rotatable bonds is 6. The first kappa shape index (κ1) is 22.0. The van der Waals surface area contributed by atoms with E-state index in [2.05, 4.69) is 63.6 Å². The number of hydrogen-bond donors (Lipinski definition) is 1. The molecule has 4 aromatic rings. The van der Waals surface area contributed by atoms with Gasteiger partial charge >= 0.3 is 0 Å². The highest BCUT2D eigenvalue weighted by Crippen LogP contribution is 2.41. The van der Waals surface area contributed by atoms with Crippen LogP contribution in [0.3, 0.4) is 0 Å². The van der Waals surface area contributed by atoms with Crippen molar-refractivity contribution in [3.63, 3.8) is 0 Å². The molecule has 35 heavy (non-hydrogen) atoms. The number of nitrogens with zero attached hydrogens (tertiary/aromatic N) is 6. The lowest BCUT2D eigenvalue weighted by Crippen LogP contribution is -2.40. The van der Waals surface area contributed by atoms with E-state index in [1.165, 1.54) is 5.56 Å².